The number of fused-ring (bicyclic) bond motifs is 1. The zero-order chi connectivity index (χ0) is 16.9. The van der Waals surface area contributed by atoms with Crippen molar-refractivity contribution >= 4 is 22.9 Å². The predicted molar refractivity (Wildman–Crippen MR) is 93.2 cm³/mol. The summed E-state index contributed by atoms with van der Waals surface area (Å²) in [6.45, 7) is 3.52. The van der Waals surface area contributed by atoms with Gasteiger partial charge in [-0.2, -0.15) is 5.10 Å². The average Bonchev–Trinajstić information content (AvgIpc) is 3.00. The van der Waals surface area contributed by atoms with E-state index in [9.17, 15) is 4.79 Å². The van der Waals surface area contributed by atoms with Crippen LogP contribution in [0.5, 0.6) is 5.75 Å². The minimum Gasteiger partial charge on any atom is -0.481 e. The van der Waals surface area contributed by atoms with Crippen molar-refractivity contribution in [1.29, 1.82) is 0 Å². The number of furan rings is 1. The topological polar surface area (TPSA) is 63.8 Å². The van der Waals surface area contributed by atoms with E-state index in [0.29, 0.717) is 11.5 Å². The van der Waals surface area contributed by atoms with Gasteiger partial charge in [0, 0.05) is 0 Å². The Morgan fingerprint density at radius 2 is 1.96 bits per heavy atom. The smallest absolute Gasteiger partial charge is 0.280 e. The van der Waals surface area contributed by atoms with E-state index in [2.05, 4.69) is 10.5 Å². The standard InChI is InChI=1S/C19H18N2O3/c1-13-7-9-18(23-13)12-20-21-19(22)14(2)24-17-10-8-15-5-3-4-6-16(15)11-17/h3-12,14H,1-2H3,(H,21,22)/b20-12-/t14-/m0/s1. The molecule has 1 N–H and O–H groups in total. The van der Waals surface area contributed by atoms with Crippen molar-refractivity contribution in [3.8, 4) is 5.75 Å². The van der Waals surface area contributed by atoms with Crippen molar-refractivity contribution in [2.45, 2.75) is 20.0 Å². The van der Waals surface area contributed by atoms with Gasteiger partial charge in [-0.3, -0.25) is 4.79 Å². The van der Waals surface area contributed by atoms with Crippen molar-refractivity contribution in [1.82, 2.24) is 5.43 Å². The molecule has 0 unspecified atom stereocenters. The molecule has 0 aliphatic rings. The number of hydrazone groups is 1. The molecule has 0 fully saturated rings. The Bertz CT molecular complexity index is 883. The fraction of sp³-hybridized carbons (Fsp3) is 0.158. The third kappa shape index (κ3) is 3.81. The molecule has 5 heteroatoms. The first-order valence-electron chi connectivity index (χ1n) is 7.66. The van der Waals surface area contributed by atoms with E-state index in [1.165, 1.54) is 6.21 Å². The molecule has 0 bridgehead atoms. The first-order chi connectivity index (χ1) is 11.6. The third-order valence-electron chi connectivity index (χ3n) is 3.53. The van der Waals surface area contributed by atoms with Crippen LogP contribution in [0.4, 0.5) is 0 Å². The lowest BCUT2D eigenvalue weighted by Crippen LogP contribution is -2.33. The maximum Gasteiger partial charge on any atom is 0.280 e. The number of nitrogens with zero attached hydrogens (tertiary/aromatic N) is 1. The quantitative estimate of drug-likeness (QED) is 0.576. The summed E-state index contributed by atoms with van der Waals surface area (Å²) in [6.07, 6.45) is 0.787. The molecule has 1 atom stereocenters. The molecule has 1 amide bonds. The Balaban J connectivity index is 1.59. The molecular weight excluding hydrogens is 304 g/mol. The van der Waals surface area contributed by atoms with E-state index < -0.39 is 6.10 Å². The summed E-state index contributed by atoms with van der Waals surface area (Å²) in [5.74, 6) is 1.68. The lowest BCUT2D eigenvalue weighted by Gasteiger charge is -2.13. The molecule has 5 nitrogen and oxygen atoms in total. The summed E-state index contributed by atoms with van der Waals surface area (Å²) < 4.78 is 11.0. The van der Waals surface area contributed by atoms with Crippen LogP contribution >= 0.6 is 0 Å². The van der Waals surface area contributed by atoms with E-state index in [1.807, 2.05) is 55.5 Å². The molecule has 3 rings (SSSR count). The number of rotatable bonds is 5. The molecule has 2 aromatic carbocycles. The van der Waals surface area contributed by atoms with Crippen molar-refractivity contribution in [3.05, 3.63) is 66.1 Å². The Kier molecular flexibility index (Phi) is 4.61. The zero-order valence-electron chi connectivity index (χ0n) is 13.5. The summed E-state index contributed by atoms with van der Waals surface area (Å²) in [6, 6.07) is 17.3. The maximum absolute atomic E-state index is 12.0. The Labute approximate surface area is 139 Å². The van der Waals surface area contributed by atoms with Crippen LogP contribution in [0.3, 0.4) is 0 Å². The molecule has 0 saturated heterocycles. The molecule has 0 aliphatic carbocycles. The van der Waals surface area contributed by atoms with Crippen LogP contribution in [0, 0.1) is 6.92 Å². The van der Waals surface area contributed by atoms with Gasteiger partial charge in [0.05, 0.1) is 6.21 Å². The normalized spacial score (nSPS) is 12.4. The van der Waals surface area contributed by atoms with Gasteiger partial charge in [-0.25, -0.2) is 5.43 Å². The van der Waals surface area contributed by atoms with Gasteiger partial charge in [-0.1, -0.05) is 30.3 Å². The molecule has 3 aromatic rings. The Hall–Kier alpha value is -3.08. The first-order valence-corrected chi connectivity index (χ1v) is 7.66. The molecule has 0 aliphatic heterocycles. The number of benzene rings is 2. The average molecular weight is 322 g/mol. The molecule has 0 spiro atoms. The summed E-state index contributed by atoms with van der Waals surface area (Å²) in [4.78, 5) is 12.0. The second-order valence-electron chi connectivity index (χ2n) is 5.45. The van der Waals surface area contributed by atoms with Gasteiger partial charge < -0.3 is 9.15 Å². The monoisotopic (exact) mass is 322 g/mol. The Morgan fingerprint density at radius 3 is 2.71 bits per heavy atom. The lowest BCUT2D eigenvalue weighted by molar-refractivity contribution is -0.127. The third-order valence-corrected chi connectivity index (χ3v) is 3.53. The second-order valence-corrected chi connectivity index (χ2v) is 5.45. The van der Waals surface area contributed by atoms with Crippen molar-refractivity contribution in [2.75, 3.05) is 0 Å². The molecule has 1 aromatic heterocycles. The predicted octanol–water partition coefficient (Wildman–Crippen LogP) is 3.66. The fourth-order valence-electron chi connectivity index (χ4n) is 2.27. The van der Waals surface area contributed by atoms with E-state index >= 15 is 0 Å². The summed E-state index contributed by atoms with van der Waals surface area (Å²) in [7, 11) is 0. The van der Waals surface area contributed by atoms with Crippen LogP contribution < -0.4 is 10.2 Å². The number of hydrogen-bond donors (Lipinski definition) is 1. The molecule has 122 valence electrons. The number of amides is 1. The van der Waals surface area contributed by atoms with Crippen LogP contribution in [0.2, 0.25) is 0 Å². The van der Waals surface area contributed by atoms with Gasteiger partial charge in [0.15, 0.2) is 6.10 Å². The number of aryl methyl sites for hydroxylation is 1. The van der Waals surface area contributed by atoms with E-state index in [1.54, 1.807) is 13.0 Å². The maximum atomic E-state index is 12.0. The van der Waals surface area contributed by atoms with Crippen molar-refractivity contribution in [3.63, 3.8) is 0 Å². The summed E-state index contributed by atoms with van der Waals surface area (Å²) >= 11 is 0. The molecule has 24 heavy (non-hydrogen) atoms. The van der Waals surface area contributed by atoms with Gasteiger partial charge >= 0.3 is 0 Å². The molecular formula is C19H18N2O3. The number of ether oxygens (including phenoxy) is 1. The van der Waals surface area contributed by atoms with E-state index in [0.717, 1.165) is 16.5 Å². The summed E-state index contributed by atoms with van der Waals surface area (Å²) in [5.41, 5.74) is 2.44. The Morgan fingerprint density at radius 1 is 1.17 bits per heavy atom. The van der Waals surface area contributed by atoms with Crippen LogP contribution in [0.1, 0.15) is 18.4 Å². The van der Waals surface area contributed by atoms with Gasteiger partial charge in [0.25, 0.3) is 5.91 Å². The van der Waals surface area contributed by atoms with Crippen molar-refractivity contribution in [2.24, 2.45) is 5.10 Å². The number of carbonyl (C=O) groups excluding carboxylic acids is 1. The van der Waals surface area contributed by atoms with Crippen LogP contribution in [-0.2, 0) is 4.79 Å². The van der Waals surface area contributed by atoms with Gasteiger partial charge in [0.1, 0.15) is 17.3 Å². The number of carbonyl (C=O) groups is 1. The van der Waals surface area contributed by atoms with Gasteiger partial charge in [-0.05, 0) is 48.9 Å². The fourth-order valence-corrected chi connectivity index (χ4v) is 2.27. The largest absolute Gasteiger partial charge is 0.481 e. The summed E-state index contributed by atoms with van der Waals surface area (Å²) in [5, 5.41) is 6.06. The lowest BCUT2D eigenvalue weighted by atomic mass is 10.1. The first kappa shape index (κ1) is 15.8. The minimum atomic E-state index is -0.665. The highest BCUT2D eigenvalue weighted by molar-refractivity contribution is 5.85. The molecule has 0 saturated carbocycles. The van der Waals surface area contributed by atoms with E-state index in [-0.39, 0.29) is 5.91 Å². The highest BCUT2D eigenvalue weighted by Gasteiger charge is 2.14. The zero-order valence-corrected chi connectivity index (χ0v) is 13.5. The minimum absolute atomic E-state index is 0.331. The van der Waals surface area contributed by atoms with Crippen molar-refractivity contribution < 1.29 is 13.9 Å². The van der Waals surface area contributed by atoms with Crippen LogP contribution in [0.25, 0.3) is 10.8 Å². The number of nitrogens with one attached hydrogen (secondary N) is 1. The second kappa shape index (κ2) is 7.00. The van der Waals surface area contributed by atoms with Crippen LogP contribution in [-0.4, -0.2) is 18.2 Å². The van der Waals surface area contributed by atoms with Gasteiger partial charge in [0.2, 0.25) is 0 Å². The highest BCUT2D eigenvalue weighted by atomic mass is 16.5. The highest BCUT2D eigenvalue weighted by Crippen LogP contribution is 2.21. The van der Waals surface area contributed by atoms with Crippen LogP contribution in [0.15, 0.2) is 64.1 Å². The molecule has 0 radical (unpaired) electrons. The van der Waals surface area contributed by atoms with Gasteiger partial charge in [-0.15, -0.1) is 0 Å². The van der Waals surface area contributed by atoms with E-state index in [4.69, 9.17) is 9.15 Å². The molecule has 1 heterocycles. The SMILES string of the molecule is Cc1ccc(/C=N\NC(=O)[C@H](C)Oc2ccc3ccccc3c2)o1. The number of hydrogen-bond acceptors (Lipinski definition) is 4.